The Morgan fingerprint density at radius 2 is 2.08 bits per heavy atom. The molecule has 1 heterocycles. The normalized spacial score (nSPS) is 17.9. The van der Waals surface area contributed by atoms with Crippen molar-refractivity contribution in [3.8, 4) is 0 Å². The number of hydrazine groups is 1. The summed E-state index contributed by atoms with van der Waals surface area (Å²) in [5.74, 6) is 0. The van der Waals surface area contributed by atoms with Gasteiger partial charge in [0, 0.05) is 24.7 Å². The molecular weight excluding hydrogens is 184 g/mol. The molecule has 0 saturated carbocycles. The topological polar surface area (TPSA) is 15.3 Å². The van der Waals surface area contributed by atoms with E-state index in [4.69, 9.17) is 11.6 Å². The van der Waals surface area contributed by atoms with Gasteiger partial charge in [0.1, 0.15) is 0 Å². The van der Waals surface area contributed by atoms with Crippen LogP contribution in [0.3, 0.4) is 0 Å². The second-order valence-electron chi connectivity index (χ2n) is 3.31. The Labute approximate surface area is 83.5 Å². The van der Waals surface area contributed by atoms with Gasteiger partial charge < -0.3 is 0 Å². The van der Waals surface area contributed by atoms with Crippen LogP contribution in [-0.2, 0) is 6.54 Å². The minimum Gasteiger partial charge on any atom is -0.255 e. The zero-order chi connectivity index (χ0) is 9.10. The molecule has 1 aromatic rings. The van der Waals surface area contributed by atoms with Crippen LogP contribution in [-0.4, -0.2) is 18.1 Å². The van der Waals surface area contributed by atoms with Crippen molar-refractivity contribution in [3.63, 3.8) is 0 Å². The molecule has 0 aromatic heterocycles. The molecule has 1 aliphatic heterocycles. The van der Waals surface area contributed by atoms with Gasteiger partial charge >= 0.3 is 0 Å². The second-order valence-corrected chi connectivity index (χ2v) is 3.75. The molecular formula is C10H13ClN2. The highest BCUT2D eigenvalue weighted by molar-refractivity contribution is 6.30. The number of nitrogens with one attached hydrogen (secondary N) is 1. The summed E-state index contributed by atoms with van der Waals surface area (Å²) in [7, 11) is 0. The van der Waals surface area contributed by atoms with E-state index in [0.717, 1.165) is 24.7 Å². The summed E-state index contributed by atoms with van der Waals surface area (Å²) in [5, 5.41) is 3.04. The third-order valence-corrected chi connectivity index (χ3v) is 2.48. The minimum atomic E-state index is 0.804. The molecule has 0 spiro atoms. The van der Waals surface area contributed by atoms with Gasteiger partial charge in [0.05, 0.1) is 0 Å². The SMILES string of the molecule is Clc1ccc(CN2CCCN2)cc1. The zero-order valence-corrected chi connectivity index (χ0v) is 8.22. The lowest BCUT2D eigenvalue weighted by molar-refractivity contribution is 0.244. The second kappa shape index (κ2) is 4.09. The molecule has 1 fully saturated rings. The number of hydrogen-bond donors (Lipinski definition) is 1. The first-order chi connectivity index (χ1) is 6.34. The summed E-state index contributed by atoms with van der Waals surface area (Å²) in [4.78, 5) is 0. The van der Waals surface area contributed by atoms with Crippen LogP contribution in [0.5, 0.6) is 0 Å². The predicted octanol–water partition coefficient (Wildman–Crippen LogP) is 2.05. The third kappa shape index (κ3) is 2.44. The molecule has 0 radical (unpaired) electrons. The van der Waals surface area contributed by atoms with E-state index >= 15 is 0 Å². The van der Waals surface area contributed by atoms with Gasteiger partial charge in [0.25, 0.3) is 0 Å². The first-order valence-electron chi connectivity index (χ1n) is 4.57. The van der Waals surface area contributed by atoms with Gasteiger partial charge in [0.15, 0.2) is 0 Å². The van der Waals surface area contributed by atoms with Gasteiger partial charge in [-0.15, -0.1) is 0 Å². The van der Waals surface area contributed by atoms with Crippen molar-refractivity contribution < 1.29 is 0 Å². The van der Waals surface area contributed by atoms with Crippen LogP contribution in [0, 0.1) is 0 Å². The van der Waals surface area contributed by atoms with E-state index in [2.05, 4.69) is 22.6 Å². The predicted molar refractivity (Wildman–Crippen MR) is 54.5 cm³/mol. The molecule has 1 N–H and O–H groups in total. The van der Waals surface area contributed by atoms with Crippen molar-refractivity contribution in [2.45, 2.75) is 13.0 Å². The number of halogens is 1. The van der Waals surface area contributed by atoms with Crippen LogP contribution in [0.25, 0.3) is 0 Å². The van der Waals surface area contributed by atoms with Crippen molar-refractivity contribution in [3.05, 3.63) is 34.9 Å². The van der Waals surface area contributed by atoms with Gasteiger partial charge in [-0.3, -0.25) is 5.43 Å². The first-order valence-corrected chi connectivity index (χ1v) is 4.95. The van der Waals surface area contributed by atoms with E-state index in [9.17, 15) is 0 Å². The molecule has 13 heavy (non-hydrogen) atoms. The average Bonchev–Trinajstić information content (AvgIpc) is 2.62. The van der Waals surface area contributed by atoms with Crippen molar-refractivity contribution >= 4 is 11.6 Å². The fourth-order valence-corrected chi connectivity index (χ4v) is 1.66. The standard InChI is InChI=1S/C10H13ClN2/c11-10-4-2-9(3-5-10)8-13-7-1-6-12-13/h2-5,12H,1,6-8H2. The quantitative estimate of drug-likeness (QED) is 0.779. The van der Waals surface area contributed by atoms with E-state index < -0.39 is 0 Å². The third-order valence-electron chi connectivity index (χ3n) is 2.23. The van der Waals surface area contributed by atoms with E-state index in [1.54, 1.807) is 0 Å². The Morgan fingerprint density at radius 1 is 1.31 bits per heavy atom. The monoisotopic (exact) mass is 196 g/mol. The van der Waals surface area contributed by atoms with E-state index in [-0.39, 0.29) is 0 Å². The van der Waals surface area contributed by atoms with Crippen molar-refractivity contribution in [1.82, 2.24) is 10.4 Å². The van der Waals surface area contributed by atoms with Gasteiger partial charge in [0.2, 0.25) is 0 Å². The Morgan fingerprint density at radius 3 is 2.69 bits per heavy atom. The van der Waals surface area contributed by atoms with Crippen molar-refractivity contribution in [1.29, 1.82) is 0 Å². The van der Waals surface area contributed by atoms with Crippen LogP contribution < -0.4 is 5.43 Å². The average molecular weight is 197 g/mol. The largest absolute Gasteiger partial charge is 0.255 e. The molecule has 3 heteroatoms. The van der Waals surface area contributed by atoms with Crippen LogP contribution in [0.1, 0.15) is 12.0 Å². The highest BCUT2D eigenvalue weighted by Gasteiger charge is 2.10. The van der Waals surface area contributed by atoms with Crippen LogP contribution in [0.15, 0.2) is 24.3 Å². The highest BCUT2D eigenvalue weighted by atomic mass is 35.5. The molecule has 0 unspecified atom stereocenters. The van der Waals surface area contributed by atoms with Gasteiger partial charge in [-0.25, -0.2) is 5.01 Å². The van der Waals surface area contributed by atoms with E-state index in [0.29, 0.717) is 0 Å². The number of rotatable bonds is 2. The molecule has 1 aromatic carbocycles. The maximum absolute atomic E-state index is 5.80. The highest BCUT2D eigenvalue weighted by Crippen LogP contribution is 2.11. The summed E-state index contributed by atoms with van der Waals surface area (Å²) in [6.45, 7) is 3.22. The summed E-state index contributed by atoms with van der Waals surface area (Å²) < 4.78 is 0. The maximum Gasteiger partial charge on any atom is 0.0406 e. The maximum atomic E-state index is 5.80. The molecule has 70 valence electrons. The Kier molecular flexibility index (Phi) is 2.83. The Bertz CT molecular complexity index is 265. The molecule has 0 aliphatic carbocycles. The number of nitrogens with zero attached hydrogens (tertiary/aromatic N) is 1. The molecule has 2 nitrogen and oxygen atoms in total. The lowest BCUT2D eigenvalue weighted by Gasteiger charge is -2.14. The van der Waals surface area contributed by atoms with Gasteiger partial charge in [-0.2, -0.15) is 0 Å². The number of benzene rings is 1. The first kappa shape index (κ1) is 9.00. The lowest BCUT2D eigenvalue weighted by Crippen LogP contribution is -2.29. The van der Waals surface area contributed by atoms with Gasteiger partial charge in [-0.1, -0.05) is 23.7 Å². The van der Waals surface area contributed by atoms with Crippen molar-refractivity contribution in [2.24, 2.45) is 0 Å². The summed E-state index contributed by atoms with van der Waals surface area (Å²) >= 11 is 5.80. The molecule has 0 bridgehead atoms. The molecule has 0 atom stereocenters. The van der Waals surface area contributed by atoms with Crippen LogP contribution in [0.4, 0.5) is 0 Å². The summed E-state index contributed by atoms with van der Waals surface area (Å²) in [6.07, 6.45) is 1.24. The Balaban J connectivity index is 1.97. The fraction of sp³-hybridized carbons (Fsp3) is 0.400. The number of hydrogen-bond acceptors (Lipinski definition) is 2. The molecule has 2 rings (SSSR count). The molecule has 0 amide bonds. The van der Waals surface area contributed by atoms with Gasteiger partial charge in [-0.05, 0) is 24.1 Å². The molecule has 1 saturated heterocycles. The summed E-state index contributed by atoms with van der Waals surface area (Å²) in [6, 6.07) is 8.02. The van der Waals surface area contributed by atoms with E-state index in [1.807, 2.05) is 12.1 Å². The zero-order valence-electron chi connectivity index (χ0n) is 7.46. The minimum absolute atomic E-state index is 0.804. The lowest BCUT2D eigenvalue weighted by atomic mass is 10.2. The van der Waals surface area contributed by atoms with Crippen LogP contribution >= 0.6 is 11.6 Å². The fourth-order valence-electron chi connectivity index (χ4n) is 1.53. The van der Waals surface area contributed by atoms with Crippen molar-refractivity contribution in [2.75, 3.05) is 13.1 Å². The Hall–Kier alpha value is -0.570. The smallest absolute Gasteiger partial charge is 0.0406 e. The molecule has 1 aliphatic rings. The summed E-state index contributed by atoms with van der Waals surface area (Å²) in [5.41, 5.74) is 4.62. The van der Waals surface area contributed by atoms with E-state index in [1.165, 1.54) is 12.0 Å². The van der Waals surface area contributed by atoms with Crippen LogP contribution in [0.2, 0.25) is 5.02 Å².